The molecule has 0 spiro atoms. The molecule has 5 heteroatoms. The molecule has 2 heterocycles. The molecule has 0 aromatic carbocycles. The first-order valence-corrected chi connectivity index (χ1v) is 6.61. The summed E-state index contributed by atoms with van der Waals surface area (Å²) >= 11 is 0. The molecule has 5 nitrogen and oxygen atoms in total. The second-order valence-electron chi connectivity index (χ2n) is 4.72. The minimum absolute atomic E-state index is 0.0971. The third kappa shape index (κ3) is 2.86. The number of H-pyrrole nitrogens is 1. The number of hydrogen-bond donors (Lipinski definition) is 2. The van der Waals surface area contributed by atoms with E-state index in [4.69, 9.17) is 0 Å². The second kappa shape index (κ2) is 5.73. The predicted molar refractivity (Wildman–Crippen MR) is 75.4 cm³/mol. The molecule has 0 fully saturated rings. The lowest BCUT2D eigenvalue weighted by Crippen LogP contribution is -2.17. The smallest absolute Gasteiger partial charge is 0.258 e. The van der Waals surface area contributed by atoms with Gasteiger partial charge in [0.15, 0.2) is 0 Å². The van der Waals surface area contributed by atoms with Crippen molar-refractivity contribution in [3.63, 3.8) is 0 Å². The number of carbonyl (C=O) groups is 1. The fourth-order valence-corrected chi connectivity index (χ4v) is 1.99. The SMILES string of the molecule is CCCCn1ncc(C)c1NC(=O)c1cc[nH]c1C. The molecular weight excluding hydrogens is 240 g/mol. The average molecular weight is 260 g/mol. The third-order valence-corrected chi connectivity index (χ3v) is 3.18. The van der Waals surface area contributed by atoms with Crippen molar-refractivity contribution < 1.29 is 4.79 Å². The summed E-state index contributed by atoms with van der Waals surface area (Å²) in [4.78, 5) is 15.2. The van der Waals surface area contributed by atoms with Gasteiger partial charge in [-0.05, 0) is 26.3 Å². The summed E-state index contributed by atoms with van der Waals surface area (Å²) in [6.07, 6.45) is 5.71. The van der Waals surface area contributed by atoms with Crippen LogP contribution in [-0.4, -0.2) is 20.7 Å². The monoisotopic (exact) mass is 260 g/mol. The summed E-state index contributed by atoms with van der Waals surface area (Å²) in [5, 5.41) is 7.26. The van der Waals surface area contributed by atoms with E-state index in [-0.39, 0.29) is 5.91 Å². The molecule has 0 unspecified atom stereocenters. The van der Waals surface area contributed by atoms with Gasteiger partial charge in [-0.15, -0.1) is 0 Å². The normalized spacial score (nSPS) is 10.7. The quantitative estimate of drug-likeness (QED) is 0.868. The highest BCUT2D eigenvalue weighted by Gasteiger charge is 2.14. The number of anilines is 1. The Kier molecular flexibility index (Phi) is 4.04. The maximum absolute atomic E-state index is 12.2. The van der Waals surface area contributed by atoms with Gasteiger partial charge in [-0.3, -0.25) is 4.79 Å². The van der Waals surface area contributed by atoms with Gasteiger partial charge < -0.3 is 10.3 Å². The van der Waals surface area contributed by atoms with Crippen molar-refractivity contribution in [2.24, 2.45) is 0 Å². The first-order chi connectivity index (χ1) is 9.13. The zero-order valence-corrected chi connectivity index (χ0v) is 11.7. The molecule has 0 bridgehead atoms. The van der Waals surface area contributed by atoms with Crippen LogP contribution in [0.4, 0.5) is 5.82 Å². The van der Waals surface area contributed by atoms with Crippen LogP contribution in [0.25, 0.3) is 0 Å². The number of aryl methyl sites for hydroxylation is 3. The maximum atomic E-state index is 12.2. The van der Waals surface area contributed by atoms with Crippen LogP contribution in [-0.2, 0) is 6.54 Å². The number of unbranched alkanes of at least 4 members (excludes halogenated alkanes) is 1. The van der Waals surface area contributed by atoms with Crippen LogP contribution in [0.15, 0.2) is 18.5 Å². The third-order valence-electron chi connectivity index (χ3n) is 3.18. The molecule has 19 heavy (non-hydrogen) atoms. The Morgan fingerprint density at radius 3 is 2.89 bits per heavy atom. The fourth-order valence-electron chi connectivity index (χ4n) is 1.99. The largest absolute Gasteiger partial charge is 0.365 e. The lowest BCUT2D eigenvalue weighted by molar-refractivity contribution is 0.102. The van der Waals surface area contributed by atoms with Crippen molar-refractivity contribution in [1.82, 2.24) is 14.8 Å². The van der Waals surface area contributed by atoms with Gasteiger partial charge in [-0.25, -0.2) is 4.68 Å². The van der Waals surface area contributed by atoms with Crippen LogP contribution in [0.3, 0.4) is 0 Å². The summed E-state index contributed by atoms with van der Waals surface area (Å²) in [6, 6.07) is 1.78. The van der Waals surface area contributed by atoms with Crippen LogP contribution in [0.5, 0.6) is 0 Å². The van der Waals surface area contributed by atoms with Crippen LogP contribution >= 0.6 is 0 Å². The molecule has 2 aromatic rings. The Hall–Kier alpha value is -2.04. The Balaban J connectivity index is 2.16. The van der Waals surface area contributed by atoms with E-state index in [1.165, 1.54) is 0 Å². The molecular formula is C14H20N4O. The van der Waals surface area contributed by atoms with E-state index in [1.807, 2.05) is 18.5 Å². The van der Waals surface area contributed by atoms with Gasteiger partial charge >= 0.3 is 0 Å². The Morgan fingerprint density at radius 2 is 2.26 bits per heavy atom. The Morgan fingerprint density at radius 1 is 1.47 bits per heavy atom. The lowest BCUT2D eigenvalue weighted by atomic mass is 10.2. The van der Waals surface area contributed by atoms with Gasteiger partial charge in [0.2, 0.25) is 0 Å². The summed E-state index contributed by atoms with van der Waals surface area (Å²) in [5.41, 5.74) is 2.52. The molecule has 0 aliphatic heterocycles. The van der Waals surface area contributed by atoms with E-state index >= 15 is 0 Å². The van der Waals surface area contributed by atoms with Crippen molar-refractivity contribution >= 4 is 11.7 Å². The highest BCUT2D eigenvalue weighted by molar-refractivity contribution is 6.04. The summed E-state index contributed by atoms with van der Waals surface area (Å²) < 4.78 is 1.86. The molecule has 2 aromatic heterocycles. The van der Waals surface area contributed by atoms with Crippen molar-refractivity contribution in [3.05, 3.63) is 35.3 Å². The minimum atomic E-state index is -0.0971. The second-order valence-corrected chi connectivity index (χ2v) is 4.72. The van der Waals surface area contributed by atoms with E-state index in [2.05, 4.69) is 22.3 Å². The average Bonchev–Trinajstić information content (AvgIpc) is 2.95. The van der Waals surface area contributed by atoms with Crippen molar-refractivity contribution in [1.29, 1.82) is 0 Å². The van der Waals surface area contributed by atoms with E-state index < -0.39 is 0 Å². The van der Waals surface area contributed by atoms with Gasteiger partial charge in [0, 0.05) is 24.0 Å². The number of amides is 1. The van der Waals surface area contributed by atoms with Crippen LogP contribution in [0.1, 0.15) is 41.4 Å². The van der Waals surface area contributed by atoms with Gasteiger partial charge in [0.1, 0.15) is 5.82 Å². The van der Waals surface area contributed by atoms with E-state index in [9.17, 15) is 4.79 Å². The van der Waals surface area contributed by atoms with Crippen molar-refractivity contribution in [2.45, 2.75) is 40.2 Å². The molecule has 0 saturated heterocycles. The molecule has 2 N–H and O–H groups in total. The highest BCUT2D eigenvalue weighted by atomic mass is 16.1. The van der Waals surface area contributed by atoms with Crippen LogP contribution in [0, 0.1) is 13.8 Å². The standard InChI is InChI=1S/C14H20N4O/c1-4-5-8-18-13(10(2)9-16-18)17-14(19)12-6-7-15-11(12)3/h6-7,9,15H,4-5,8H2,1-3H3,(H,17,19). The first-order valence-electron chi connectivity index (χ1n) is 6.61. The molecule has 0 aliphatic carbocycles. The van der Waals surface area contributed by atoms with Gasteiger partial charge in [0.05, 0.1) is 11.8 Å². The van der Waals surface area contributed by atoms with Crippen LogP contribution in [0.2, 0.25) is 0 Å². The molecule has 0 atom stereocenters. The number of nitrogens with zero attached hydrogens (tertiary/aromatic N) is 2. The van der Waals surface area contributed by atoms with E-state index in [0.29, 0.717) is 5.56 Å². The van der Waals surface area contributed by atoms with E-state index in [0.717, 1.165) is 36.5 Å². The first kappa shape index (κ1) is 13.4. The Bertz CT molecular complexity index is 568. The molecule has 102 valence electrons. The van der Waals surface area contributed by atoms with Gasteiger partial charge in [-0.2, -0.15) is 5.10 Å². The lowest BCUT2D eigenvalue weighted by Gasteiger charge is -2.09. The summed E-state index contributed by atoms with van der Waals surface area (Å²) in [6.45, 7) is 6.80. The number of aromatic nitrogens is 3. The highest BCUT2D eigenvalue weighted by Crippen LogP contribution is 2.17. The number of aromatic amines is 1. The molecule has 0 aliphatic rings. The van der Waals surface area contributed by atoms with E-state index in [1.54, 1.807) is 18.5 Å². The summed E-state index contributed by atoms with van der Waals surface area (Å²) in [7, 11) is 0. The van der Waals surface area contributed by atoms with Crippen LogP contribution < -0.4 is 5.32 Å². The number of nitrogens with one attached hydrogen (secondary N) is 2. The molecule has 2 rings (SSSR count). The van der Waals surface area contributed by atoms with Gasteiger partial charge in [0.25, 0.3) is 5.91 Å². The number of carbonyl (C=O) groups excluding carboxylic acids is 1. The number of hydrogen-bond acceptors (Lipinski definition) is 2. The molecule has 1 amide bonds. The minimum Gasteiger partial charge on any atom is -0.365 e. The van der Waals surface area contributed by atoms with Gasteiger partial charge in [-0.1, -0.05) is 13.3 Å². The van der Waals surface area contributed by atoms with Crippen molar-refractivity contribution in [2.75, 3.05) is 5.32 Å². The zero-order valence-electron chi connectivity index (χ0n) is 11.7. The number of rotatable bonds is 5. The van der Waals surface area contributed by atoms with Crippen molar-refractivity contribution in [3.8, 4) is 0 Å². The topological polar surface area (TPSA) is 62.7 Å². The molecule has 0 saturated carbocycles. The fraction of sp³-hybridized carbons (Fsp3) is 0.429. The maximum Gasteiger partial charge on any atom is 0.258 e. The summed E-state index contributed by atoms with van der Waals surface area (Å²) in [5.74, 6) is 0.694. The molecule has 0 radical (unpaired) electrons. The zero-order chi connectivity index (χ0) is 13.8. The Labute approximate surface area is 113 Å². The predicted octanol–water partition coefficient (Wildman–Crippen LogP) is 2.88.